The second-order valence-electron chi connectivity index (χ2n) is 16.0. The molecule has 0 spiro atoms. The molecule has 0 aliphatic heterocycles. The molecule has 60 heavy (non-hydrogen) atoms. The monoisotopic (exact) mass is 762 g/mol. The van der Waals surface area contributed by atoms with Gasteiger partial charge in [0.05, 0.1) is 22.0 Å². The summed E-state index contributed by atoms with van der Waals surface area (Å²) in [6.07, 6.45) is 0. The topological polar surface area (TPSA) is 25.8 Å². The number of fused-ring (bicyclic) bond motifs is 6. The van der Waals surface area contributed by atoms with Crippen molar-refractivity contribution in [3.63, 3.8) is 0 Å². The molecule has 0 fully saturated rings. The predicted molar refractivity (Wildman–Crippen MR) is 245 cm³/mol. The van der Waals surface area contributed by atoms with Crippen LogP contribution in [0.1, 0.15) is 44.5 Å². The van der Waals surface area contributed by atoms with Gasteiger partial charge in [0.1, 0.15) is 0 Å². The number of aromatic nitrogens is 2. The molecular formula is C58H38N2. The van der Waals surface area contributed by atoms with Gasteiger partial charge in [0, 0.05) is 16.5 Å². The summed E-state index contributed by atoms with van der Waals surface area (Å²) in [7, 11) is 0. The number of rotatable bonds is 6. The van der Waals surface area contributed by atoms with Crippen molar-refractivity contribution in [1.82, 2.24) is 9.97 Å². The van der Waals surface area contributed by atoms with Crippen LogP contribution in [0.25, 0.3) is 55.8 Å². The lowest BCUT2D eigenvalue weighted by molar-refractivity contribution is 0.627. The first kappa shape index (κ1) is 34.4. The van der Waals surface area contributed by atoms with E-state index in [-0.39, 0.29) is 0 Å². The fourth-order valence-electron chi connectivity index (χ4n) is 10.6. The van der Waals surface area contributed by atoms with Gasteiger partial charge in [-0.25, -0.2) is 9.97 Å². The Morgan fingerprint density at radius 1 is 0.283 bits per heavy atom. The van der Waals surface area contributed by atoms with Crippen LogP contribution in [0.2, 0.25) is 0 Å². The summed E-state index contributed by atoms with van der Waals surface area (Å²) in [6.45, 7) is 0. The second-order valence-corrected chi connectivity index (χ2v) is 16.0. The average molecular weight is 763 g/mol. The highest BCUT2D eigenvalue weighted by Crippen LogP contribution is 2.65. The molecule has 2 heteroatoms. The maximum atomic E-state index is 5.32. The molecule has 2 unspecified atom stereocenters. The van der Waals surface area contributed by atoms with Gasteiger partial charge in [0.25, 0.3) is 0 Å². The van der Waals surface area contributed by atoms with Crippen LogP contribution in [0, 0.1) is 0 Å². The van der Waals surface area contributed by atoms with Crippen LogP contribution in [-0.4, -0.2) is 9.97 Å². The van der Waals surface area contributed by atoms with Crippen LogP contribution < -0.4 is 0 Å². The van der Waals surface area contributed by atoms with Crippen molar-refractivity contribution >= 4 is 10.9 Å². The van der Waals surface area contributed by atoms with Crippen LogP contribution in [0.15, 0.2) is 231 Å². The summed E-state index contributed by atoms with van der Waals surface area (Å²) in [5.74, 6) is 0.708. The van der Waals surface area contributed by atoms with Gasteiger partial charge in [0.2, 0.25) is 0 Å². The molecule has 2 aliphatic carbocycles. The third kappa shape index (κ3) is 4.82. The van der Waals surface area contributed by atoms with E-state index in [0.717, 1.165) is 27.7 Å². The SMILES string of the molecule is c1ccc(-c2ccc(-c3nc(-c4ccc(C5(c6ccccc6)c6ccccc6C6(c7ccccc7)c7ccccc7-c7cccc5c76)cc4)nc4ccccc34)cc2)cc1. The quantitative estimate of drug-likeness (QED) is 0.169. The standard InChI is InChI=1S/C58H38N2/c1-4-17-39(18-5-1)40-31-33-41(34-32-40)55-48-24-11-15-30-53(48)59-56(60-55)42-35-37-45(38-36-42)57(43-19-6-2-7-20-43)50-27-13-14-28-51(50)58(44-21-8-3-9-22-44)49-26-12-10-23-46(49)47-25-16-29-52(57)54(47)58/h1-38H. The van der Waals surface area contributed by atoms with Gasteiger partial charge in [-0.3, -0.25) is 0 Å². The zero-order chi connectivity index (χ0) is 39.7. The molecule has 2 aliphatic rings. The number of benzene rings is 9. The molecule has 0 saturated carbocycles. The molecule has 12 rings (SSSR count). The molecule has 0 amide bonds. The maximum absolute atomic E-state index is 5.32. The van der Waals surface area contributed by atoms with E-state index < -0.39 is 10.8 Å². The van der Waals surface area contributed by atoms with Gasteiger partial charge in [-0.05, 0) is 72.8 Å². The second kappa shape index (κ2) is 13.4. The van der Waals surface area contributed by atoms with Crippen LogP contribution in [0.5, 0.6) is 0 Å². The van der Waals surface area contributed by atoms with Crippen molar-refractivity contribution < 1.29 is 0 Å². The van der Waals surface area contributed by atoms with E-state index in [9.17, 15) is 0 Å². The van der Waals surface area contributed by atoms with Gasteiger partial charge in [-0.1, -0.05) is 224 Å². The van der Waals surface area contributed by atoms with E-state index in [4.69, 9.17) is 9.97 Å². The molecule has 9 aromatic carbocycles. The minimum atomic E-state index is -0.613. The number of hydrogen-bond acceptors (Lipinski definition) is 2. The van der Waals surface area contributed by atoms with Crippen LogP contribution in [0.4, 0.5) is 0 Å². The van der Waals surface area contributed by atoms with Crippen molar-refractivity contribution in [2.75, 3.05) is 0 Å². The Labute approximate surface area is 350 Å². The predicted octanol–water partition coefficient (Wildman–Crippen LogP) is 13.7. The number of para-hydroxylation sites is 1. The molecule has 0 radical (unpaired) electrons. The van der Waals surface area contributed by atoms with E-state index in [2.05, 4.69) is 231 Å². The van der Waals surface area contributed by atoms with E-state index in [1.165, 1.54) is 66.8 Å². The Morgan fingerprint density at radius 3 is 1.48 bits per heavy atom. The van der Waals surface area contributed by atoms with Crippen molar-refractivity contribution in [2.24, 2.45) is 0 Å². The molecule has 10 aromatic rings. The Kier molecular flexibility index (Phi) is 7.70. The number of nitrogens with zero attached hydrogens (tertiary/aromatic N) is 2. The fraction of sp³-hybridized carbons (Fsp3) is 0.0345. The van der Waals surface area contributed by atoms with Gasteiger partial charge in [0.15, 0.2) is 5.82 Å². The van der Waals surface area contributed by atoms with Gasteiger partial charge in [-0.15, -0.1) is 0 Å². The zero-order valence-corrected chi connectivity index (χ0v) is 32.8. The van der Waals surface area contributed by atoms with E-state index in [1.54, 1.807) is 0 Å². The lowest BCUT2D eigenvalue weighted by Crippen LogP contribution is -2.44. The van der Waals surface area contributed by atoms with Crippen LogP contribution in [0.3, 0.4) is 0 Å². The lowest BCUT2D eigenvalue weighted by Gasteiger charge is -2.49. The van der Waals surface area contributed by atoms with Crippen molar-refractivity contribution in [1.29, 1.82) is 0 Å². The highest BCUT2D eigenvalue weighted by atomic mass is 14.9. The average Bonchev–Trinajstić information content (AvgIpc) is 3.64. The molecule has 280 valence electrons. The summed E-state index contributed by atoms with van der Waals surface area (Å²) in [6, 6.07) is 84.2. The van der Waals surface area contributed by atoms with Crippen molar-refractivity contribution in [2.45, 2.75) is 10.8 Å². The van der Waals surface area contributed by atoms with Gasteiger partial charge >= 0.3 is 0 Å². The largest absolute Gasteiger partial charge is 0.228 e. The van der Waals surface area contributed by atoms with E-state index in [1.807, 2.05) is 0 Å². The summed E-state index contributed by atoms with van der Waals surface area (Å²) < 4.78 is 0. The molecule has 2 atom stereocenters. The molecule has 1 heterocycles. The zero-order valence-electron chi connectivity index (χ0n) is 32.8. The lowest BCUT2D eigenvalue weighted by atomic mass is 9.52. The Bertz CT molecular complexity index is 3230. The Balaban J connectivity index is 1.07. The van der Waals surface area contributed by atoms with E-state index >= 15 is 0 Å². The Hall–Kier alpha value is -7.68. The molecule has 0 N–H and O–H groups in total. The summed E-state index contributed by atoms with van der Waals surface area (Å²) >= 11 is 0. The highest BCUT2D eigenvalue weighted by molar-refractivity contribution is 5.95. The highest BCUT2D eigenvalue weighted by Gasteiger charge is 2.57. The molecule has 2 nitrogen and oxygen atoms in total. The maximum Gasteiger partial charge on any atom is 0.160 e. The summed E-state index contributed by atoms with van der Waals surface area (Å²) in [5.41, 5.74) is 18.1. The minimum Gasteiger partial charge on any atom is -0.228 e. The molecule has 0 bridgehead atoms. The van der Waals surface area contributed by atoms with E-state index in [0.29, 0.717) is 5.82 Å². The molecule has 1 aromatic heterocycles. The van der Waals surface area contributed by atoms with Crippen molar-refractivity contribution in [3.05, 3.63) is 275 Å². The molecule has 0 saturated heterocycles. The fourth-order valence-corrected chi connectivity index (χ4v) is 10.6. The normalized spacial score (nSPS) is 17.1. The first-order chi connectivity index (χ1) is 29.8. The number of hydrogen-bond donors (Lipinski definition) is 0. The van der Waals surface area contributed by atoms with Crippen LogP contribution in [-0.2, 0) is 10.8 Å². The first-order valence-corrected chi connectivity index (χ1v) is 20.7. The summed E-state index contributed by atoms with van der Waals surface area (Å²) in [4.78, 5) is 10.5. The van der Waals surface area contributed by atoms with Gasteiger partial charge < -0.3 is 0 Å². The van der Waals surface area contributed by atoms with Crippen molar-refractivity contribution in [3.8, 4) is 44.9 Å². The molecular weight excluding hydrogens is 725 g/mol. The third-order valence-corrected chi connectivity index (χ3v) is 13.1. The summed E-state index contributed by atoms with van der Waals surface area (Å²) in [5, 5.41) is 1.04. The third-order valence-electron chi connectivity index (χ3n) is 13.1. The first-order valence-electron chi connectivity index (χ1n) is 20.7. The van der Waals surface area contributed by atoms with Gasteiger partial charge in [-0.2, -0.15) is 0 Å². The smallest absolute Gasteiger partial charge is 0.160 e. The Morgan fingerprint density at radius 2 is 0.767 bits per heavy atom. The minimum absolute atomic E-state index is 0.479. The van der Waals surface area contributed by atoms with Crippen LogP contribution >= 0.6 is 0 Å².